The number of rotatable bonds is 2. The maximum Gasteiger partial charge on any atom is 0.336 e. The van der Waals surface area contributed by atoms with Gasteiger partial charge in [0.2, 0.25) is 0 Å². The average molecular weight is 285 g/mol. The summed E-state index contributed by atoms with van der Waals surface area (Å²) in [7, 11) is 1.21. The lowest BCUT2D eigenvalue weighted by atomic mass is 10.1. The third-order valence-electron chi connectivity index (χ3n) is 3.00. The lowest BCUT2D eigenvalue weighted by molar-refractivity contribution is -0.158. The molecule has 1 unspecified atom stereocenters. The van der Waals surface area contributed by atoms with Gasteiger partial charge in [-0.05, 0) is 12.1 Å². The molecule has 0 N–H and O–H groups in total. The second-order valence-corrected chi connectivity index (χ2v) is 4.24. The van der Waals surface area contributed by atoms with Crippen molar-refractivity contribution in [3.63, 3.8) is 0 Å². The highest BCUT2D eigenvalue weighted by molar-refractivity contribution is 5.95. The predicted octanol–water partition coefficient (Wildman–Crippen LogP) is 0.979. The number of amides is 1. The molecule has 1 fully saturated rings. The summed E-state index contributed by atoms with van der Waals surface area (Å²) in [5.74, 6) is -3.58. The van der Waals surface area contributed by atoms with Gasteiger partial charge in [0.1, 0.15) is 0 Å². The van der Waals surface area contributed by atoms with Crippen molar-refractivity contribution in [1.82, 2.24) is 4.90 Å². The lowest BCUT2D eigenvalue weighted by Gasteiger charge is -2.31. The fourth-order valence-electron chi connectivity index (χ4n) is 1.95. The van der Waals surface area contributed by atoms with Crippen molar-refractivity contribution in [3.05, 3.63) is 35.4 Å². The summed E-state index contributed by atoms with van der Waals surface area (Å²) in [6, 6.07) is 3.38. The molecule has 1 aromatic carbocycles. The third-order valence-corrected chi connectivity index (χ3v) is 3.00. The highest BCUT2D eigenvalue weighted by Crippen LogP contribution is 2.16. The normalized spacial score (nSPS) is 18.8. The van der Waals surface area contributed by atoms with Crippen LogP contribution in [0, 0.1) is 11.6 Å². The Balaban J connectivity index is 2.16. The predicted molar refractivity (Wildman–Crippen MR) is 64.0 cm³/mol. The number of morpholine rings is 1. The second kappa shape index (κ2) is 5.96. The summed E-state index contributed by atoms with van der Waals surface area (Å²) in [6.07, 6.45) is -0.908. The van der Waals surface area contributed by atoms with E-state index in [9.17, 15) is 18.4 Å². The Labute approximate surface area is 114 Å². The van der Waals surface area contributed by atoms with Gasteiger partial charge in [0, 0.05) is 6.54 Å². The van der Waals surface area contributed by atoms with Gasteiger partial charge in [-0.25, -0.2) is 13.6 Å². The molecule has 0 aliphatic carbocycles. The number of hydrogen-bond acceptors (Lipinski definition) is 4. The molecular formula is C13H13F2NO4. The van der Waals surface area contributed by atoms with Crippen LogP contribution < -0.4 is 0 Å². The van der Waals surface area contributed by atoms with E-state index in [-0.39, 0.29) is 25.3 Å². The zero-order valence-corrected chi connectivity index (χ0v) is 10.8. The summed E-state index contributed by atoms with van der Waals surface area (Å²) in [6.45, 7) is 0.270. The van der Waals surface area contributed by atoms with E-state index < -0.39 is 29.6 Å². The summed E-state index contributed by atoms with van der Waals surface area (Å²) in [4.78, 5) is 24.8. The molecule has 1 aliphatic rings. The van der Waals surface area contributed by atoms with Crippen LogP contribution in [0.1, 0.15) is 10.4 Å². The fourth-order valence-corrected chi connectivity index (χ4v) is 1.95. The molecule has 0 bridgehead atoms. The molecule has 0 radical (unpaired) electrons. The summed E-state index contributed by atoms with van der Waals surface area (Å²) in [5.41, 5.74) is -0.365. The standard InChI is InChI=1S/C13H13F2NO4/c1-19-13(18)10-7-16(5-6-20-10)12(17)8-3-2-4-9(14)11(8)15/h2-4,10H,5-7H2,1H3. The molecule has 0 saturated carbocycles. The number of carbonyl (C=O) groups is 2. The molecule has 1 aromatic rings. The van der Waals surface area contributed by atoms with E-state index in [1.165, 1.54) is 24.1 Å². The molecular weight excluding hydrogens is 272 g/mol. The topological polar surface area (TPSA) is 55.8 Å². The Morgan fingerprint density at radius 3 is 2.85 bits per heavy atom. The van der Waals surface area contributed by atoms with E-state index in [0.29, 0.717) is 0 Å². The lowest BCUT2D eigenvalue weighted by Crippen LogP contribution is -2.49. The number of hydrogen-bond donors (Lipinski definition) is 0. The summed E-state index contributed by atoms with van der Waals surface area (Å²) < 4.78 is 36.4. The van der Waals surface area contributed by atoms with Crippen molar-refractivity contribution in [2.45, 2.75) is 6.10 Å². The van der Waals surface area contributed by atoms with Gasteiger partial charge < -0.3 is 14.4 Å². The van der Waals surface area contributed by atoms with Crippen LogP contribution in [0.4, 0.5) is 8.78 Å². The first kappa shape index (κ1) is 14.4. The van der Waals surface area contributed by atoms with Gasteiger partial charge in [-0.2, -0.15) is 0 Å². The summed E-state index contributed by atoms with van der Waals surface area (Å²) in [5, 5.41) is 0. The van der Waals surface area contributed by atoms with Crippen molar-refractivity contribution in [2.24, 2.45) is 0 Å². The monoisotopic (exact) mass is 285 g/mol. The Kier molecular flexibility index (Phi) is 4.29. The Hall–Kier alpha value is -2.02. The smallest absolute Gasteiger partial charge is 0.336 e. The van der Waals surface area contributed by atoms with Crippen molar-refractivity contribution in [3.8, 4) is 0 Å². The molecule has 7 heteroatoms. The van der Waals surface area contributed by atoms with Crippen LogP contribution in [0.15, 0.2) is 18.2 Å². The average Bonchev–Trinajstić information content (AvgIpc) is 2.48. The molecule has 1 atom stereocenters. The van der Waals surface area contributed by atoms with Gasteiger partial charge in [-0.3, -0.25) is 4.79 Å². The van der Waals surface area contributed by atoms with Crippen LogP contribution in [0.5, 0.6) is 0 Å². The number of halogens is 2. The van der Waals surface area contributed by atoms with Crippen LogP contribution in [0.2, 0.25) is 0 Å². The molecule has 1 aliphatic heterocycles. The van der Waals surface area contributed by atoms with Crippen LogP contribution in [-0.2, 0) is 14.3 Å². The van der Waals surface area contributed by atoms with E-state index in [1.54, 1.807) is 0 Å². The number of ether oxygens (including phenoxy) is 2. The maximum atomic E-state index is 13.6. The van der Waals surface area contributed by atoms with Crippen molar-refractivity contribution >= 4 is 11.9 Å². The molecule has 1 saturated heterocycles. The van der Waals surface area contributed by atoms with Crippen LogP contribution in [0.3, 0.4) is 0 Å². The highest BCUT2D eigenvalue weighted by Gasteiger charge is 2.31. The van der Waals surface area contributed by atoms with Gasteiger partial charge in [0.25, 0.3) is 5.91 Å². The van der Waals surface area contributed by atoms with E-state index in [1.807, 2.05) is 0 Å². The molecule has 2 rings (SSSR count). The molecule has 108 valence electrons. The van der Waals surface area contributed by atoms with Gasteiger partial charge in [-0.1, -0.05) is 6.07 Å². The minimum absolute atomic E-state index is 0.0541. The fraction of sp³-hybridized carbons (Fsp3) is 0.385. The van der Waals surface area contributed by atoms with E-state index >= 15 is 0 Å². The summed E-state index contributed by atoms with van der Waals surface area (Å²) >= 11 is 0. The molecule has 1 amide bonds. The minimum atomic E-state index is -1.20. The molecule has 0 spiro atoms. The first-order valence-corrected chi connectivity index (χ1v) is 5.97. The number of esters is 1. The third kappa shape index (κ3) is 2.77. The van der Waals surface area contributed by atoms with E-state index in [0.717, 1.165) is 6.07 Å². The Morgan fingerprint density at radius 1 is 1.40 bits per heavy atom. The van der Waals surface area contributed by atoms with E-state index in [4.69, 9.17) is 4.74 Å². The zero-order chi connectivity index (χ0) is 14.7. The first-order chi connectivity index (χ1) is 9.54. The van der Waals surface area contributed by atoms with Crippen LogP contribution >= 0.6 is 0 Å². The van der Waals surface area contributed by atoms with E-state index in [2.05, 4.69) is 4.74 Å². The Morgan fingerprint density at radius 2 is 2.15 bits per heavy atom. The number of nitrogens with zero attached hydrogens (tertiary/aromatic N) is 1. The van der Waals surface area contributed by atoms with Gasteiger partial charge >= 0.3 is 5.97 Å². The SMILES string of the molecule is COC(=O)C1CN(C(=O)c2cccc(F)c2F)CCO1. The molecule has 20 heavy (non-hydrogen) atoms. The second-order valence-electron chi connectivity index (χ2n) is 4.24. The van der Waals surface area contributed by atoms with Crippen LogP contribution in [-0.4, -0.2) is 49.7 Å². The number of methoxy groups -OCH3 is 1. The quantitative estimate of drug-likeness (QED) is 0.760. The molecule has 0 aromatic heterocycles. The Bertz CT molecular complexity index is 535. The van der Waals surface area contributed by atoms with Crippen molar-refractivity contribution in [2.75, 3.05) is 26.8 Å². The minimum Gasteiger partial charge on any atom is -0.467 e. The van der Waals surface area contributed by atoms with Gasteiger partial charge in [0.05, 0.1) is 25.8 Å². The highest BCUT2D eigenvalue weighted by atomic mass is 19.2. The largest absolute Gasteiger partial charge is 0.467 e. The number of benzene rings is 1. The zero-order valence-electron chi connectivity index (χ0n) is 10.8. The van der Waals surface area contributed by atoms with Crippen molar-refractivity contribution in [1.29, 1.82) is 0 Å². The molecule has 1 heterocycles. The van der Waals surface area contributed by atoms with Gasteiger partial charge in [0.15, 0.2) is 17.7 Å². The first-order valence-electron chi connectivity index (χ1n) is 5.97. The molecule has 5 nitrogen and oxygen atoms in total. The van der Waals surface area contributed by atoms with Crippen LogP contribution in [0.25, 0.3) is 0 Å². The maximum absolute atomic E-state index is 13.6. The van der Waals surface area contributed by atoms with Crippen molar-refractivity contribution < 1.29 is 27.8 Å². The van der Waals surface area contributed by atoms with Gasteiger partial charge in [-0.15, -0.1) is 0 Å². The number of carbonyl (C=O) groups excluding carboxylic acids is 2.